The number of carbonyl (C=O) groups is 1. The van der Waals surface area contributed by atoms with Crippen LogP contribution >= 0.6 is 43.6 Å². The molecule has 2 aromatic carbocycles. The lowest BCUT2D eigenvalue weighted by atomic mass is 10.1. The summed E-state index contributed by atoms with van der Waals surface area (Å²) in [4.78, 5) is 14.1. The topological polar surface area (TPSA) is 26.3 Å². The number of allylic oxidation sites excluding steroid dienone is 1. The summed E-state index contributed by atoms with van der Waals surface area (Å²) in [6.45, 7) is 0. The summed E-state index contributed by atoms with van der Waals surface area (Å²) in [5, 5.41) is 0. The van der Waals surface area contributed by atoms with Gasteiger partial charge in [-0.25, -0.2) is 0 Å². The van der Waals surface area contributed by atoms with Crippen LogP contribution in [0.1, 0.15) is 15.9 Å². The SMILES string of the molecule is COc1c(Br)cc(/C=C2\Sc3ccccc3C2=O)cc1Br. The van der Waals surface area contributed by atoms with Gasteiger partial charge in [-0.2, -0.15) is 0 Å². The molecule has 2 aromatic rings. The molecule has 0 atom stereocenters. The Labute approximate surface area is 143 Å². The van der Waals surface area contributed by atoms with Crippen molar-refractivity contribution in [1.29, 1.82) is 0 Å². The van der Waals surface area contributed by atoms with E-state index in [0.29, 0.717) is 0 Å². The van der Waals surface area contributed by atoms with E-state index in [9.17, 15) is 4.79 Å². The Balaban J connectivity index is 2.00. The molecule has 0 spiro atoms. The molecule has 1 aliphatic heterocycles. The predicted molar refractivity (Wildman–Crippen MR) is 93.0 cm³/mol. The molecular formula is C16H10Br2O2S. The second-order valence-corrected chi connectivity index (χ2v) is 7.25. The lowest BCUT2D eigenvalue weighted by Crippen LogP contribution is -1.94. The number of rotatable bonds is 2. The Kier molecular flexibility index (Phi) is 4.24. The van der Waals surface area contributed by atoms with Gasteiger partial charge in [0.25, 0.3) is 0 Å². The fraction of sp³-hybridized carbons (Fsp3) is 0.0625. The highest BCUT2D eigenvalue weighted by molar-refractivity contribution is 9.11. The van der Waals surface area contributed by atoms with Crippen LogP contribution < -0.4 is 4.74 Å². The fourth-order valence-electron chi connectivity index (χ4n) is 2.14. The average Bonchev–Trinajstić information content (AvgIpc) is 2.76. The largest absolute Gasteiger partial charge is 0.494 e. The van der Waals surface area contributed by atoms with E-state index >= 15 is 0 Å². The number of Topliss-reactive ketones (excluding diaryl/α,β-unsaturated/α-hetero) is 1. The zero-order valence-electron chi connectivity index (χ0n) is 11.0. The Hall–Kier alpha value is -1.04. The number of ether oxygens (including phenoxy) is 1. The highest BCUT2D eigenvalue weighted by Gasteiger charge is 2.25. The van der Waals surface area contributed by atoms with Gasteiger partial charge in [0.1, 0.15) is 5.75 Å². The Bertz CT molecular complexity index is 746. The number of hydrogen-bond donors (Lipinski definition) is 0. The number of ketones is 1. The molecule has 106 valence electrons. The monoisotopic (exact) mass is 424 g/mol. The highest BCUT2D eigenvalue weighted by atomic mass is 79.9. The standard InChI is InChI=1S/C16H10Br2O2S/c1-20-16-11(17)6-9(7-12(16)18)8-14-15(19)10-4-2-3-5-13(10)21-14/h2-8H,1H3/b14-8-. The van der Waals surface area contributed by atoms with Crippen molar-refractivity contribution in [3.8, 4) is 5.75 Å². The number of fused-ring (bicyclic) bond motifs is 1. The first-order valence-electron chi connectivity index (χ1n) is 6.16. The van der Waals surface area contributed by atoms with Gasteiger partial charge in [-0.15, -0.1) is 0 Å². The molecule has 0 saturated carbocycles. The van der Waals surface area contributed by atoms with Crippen LogP contribution in [0.2, 0.25) is 0 Å². The van der Waals surface area contributed by atoms with Crippen molar-refractivity contribution in [3.05, 3.63) is 61.4 Å². The maximum Gasteiger partial charge on any atom is 0.200 e. The quantitative estimate of drug-likeness (QED) is 0.590. The van der Waals surface area contributed by atoms with Gasteiger partial charge in [-0.05, 0) is 67.8 Å². The molecule has 0 N–H and O–H groups in total. The minimum Gasteiger partial charge on any atom is -0.494 e. The van der Waals surface area contributed by atoms with Crippen LogP contribution in [-0.4, -0.2) is 12.9 Å². The van der Waals surface area contributed by atoms with E-state index in [1.54, 1.807) is 7.11 Å². The molecule has 0 radical (unpaired) electrons. The maximum atomic E-state index is 12.4. The number of carbonyl (C=O) groups excluding carboxylic acids is 1. The second kappa shape index (κ2) is 5.99. The van der Waals surface area contributed by atoms with E-state index in [4.69, 9.17) is 4.74 Å². The predicted octanol–water partition coefficient (Wildman–Crippen LogP) is 5.55. The van der Waals surface area contributed by atoms with Gasteiger partial charge in [0.05, 0.1) is 21.0 Å². The summed E-state index contributed by atoms with van der Waals surface area (Å²) in [6.07, 6.45) is 1.90. The Morgan fingerprint density at radius 1 is 1.14 bits per heavy atom. The summed E-state index contributed by atoms with van der Waals surface area (Å²) in [6, 6.07) is 11.5. The summed E-state index contributed by atoms with van der Waals surface area (Å²) in [7, 11) is 1.62. The minimum absolute atomic E-state index is 0.0821. The van der Waals surface area contributed by atoms with Crippen LogP contribution in [0.25, 0.3) is 6.08 Å². The van der Waals surface area contributed by atoms with Gasteiger partial charge in [0.15, 0.2) is 0 Å². The van der Waals surface area contributed by atoms with Gasteiger partial charge in [-0.1, -0.05) is 23.9 Å². The lowest BCUT2D eigenvalue weighted by Gasteiger charge is -2.07. The molecule has 0 saturated heterocycles. The van der Waals surface area contributed by atoms with Gasteiger partial charge in [0, 0.05) is 10.5 Å². The van der Waals surface area contributed by atoms with E-state index in [1.807, 2.05) is 42.5 Å². The molecule has 21 heavy (non-hydrogen) atoms. The second-order valence-electron chi connectivity index (χ2n) is 4.45. The number of halogens is 2. The molecule has 0 amide bonds. The van der Waals surface area contributed by atoms with Crippen LogP contribution in [0.4, 0.5) is 0 Å². The molecule has 0 unspecified atom stereocenters. The lowest BCUT2D eigenvalue weighted by molar-refractivity contribution is 0.104. The van der Waals surface area contributed by atoms with Crippen molar-refractivity contribution in [3.63, 3.8) is 0 Å². The fourth-order valence-corrected chi connectivity index (χ4v) is 4.74. The normalized spacial score (nSPS) is 15.4. The smallest absolute Gasteiger partial charge is 0.200 e. The first kappa shape index (κ1) is 14.9. The third-order valence-corrected chi connectivity index (χ3v) is 5.38. The van der Waals surface area contributed by atoms with E-state index in [0.717, 1.165) is 35.6 Å². The molecular weight excluding hydrogens is 416 g/mol. The molecule has 3 rings (SSSR count). The number of thioether (sulfide) groups is 1. The average molecular weight is 426 g/mol. The molecule has 0 bridgehead atoms. The number of methoxy groups -OCH3 is 1. The first-order chi connectivity index (χ1) is 10.1. The number of benzene rings is 2. The molecule has 0 aromatic heterocycles. The summed E-state index contributed by atoms with van der Waals surface area (Å²) in [5.41, 5.74) is 1.72. The molecule has 1 aliphatic rings. The molecule has 2 nitrogen and oxygen atoms in total. The van der Waals surface area contributed by atoms with E-state index in [1.165, 1.54) is 11.8 Å². The summed E-state index contributed by atoms with van der Waals surface area (Å²) in [5.74, 6) is 0.824. The van der Waals surface area contributed by atoms with Crippen LogP contribution in [0.5, 0.6) is 5.75 Å². The van der Waals surface area contributed by atoms with Crippen molar-refractivity contribution < 1.29 is 9.53 Å². The van der Waals surface area contributed by atoms with Crippen molar-refractivity contribution in [2.75, 3.05) is 7.11 Å². The van der Waals surface area contributed by atoms with Crippen LogP contribution in [0.15, 0.2) is 55.1 Å². The van der Waals surface area contributed by atoms with Gasteiger partial charge >= 0.3 is 0 Å². The van der Waals surface area contributed by atoms with Gasteiger partial charge in [0.2, 0.25) is 5.78 Å². The zero-order chi connectivity index (χ0) is 15.0. The van der Waals surface area contributed by atoms with Crippen LogP contribution in [-0.2, 0) is 0 Å². The van der Waals surface area contributed by atoms with Crippen LogP contribution in [0.3, 0.4) is 0 Å². The summed E-state index contributed by atoms with van der Waals surface area (Å²) < 4.78 is 6.98. The van der Waals surface area contributed by atoms with Crippen molar-refractivity contribution in [2.45, 2.75) is 4.90 Å². The third-order valence-electron chi connectivity index (χ3n) is 3.10. The van der Waals surface area contributed by atoms with E-state index in [2.05, 4.69) is 31.9 Å². The van der Waals surface area contributed by atoms with Crippen LogP contribution in [0, 0.1) is 0 Å². The third kappa shape index (κ3) is 2.82. The maximum absolute atomic E-state index is 12.4. The van der Waals surface area contributed by atoms with Crippen molar-refractivity contribution >= 4 is 55.5 Å². The molecule has 5 heteroatoms. The number of hydrogen-bond acceptors (Lipinski definition) is 3. The zero-order valence-corrected chi connectivity index (χ0v) is 15.0. The molecule has 1 heterocycles. The van der Waals surface area contributed by atoms with E-state index < -0.39 is 0 Å². The minimum atomic E-state index is 0.0821. The Morgan fingerprint density at radius 2 is 1.81 bits per heavy atom. The van der Waals surface area contributed by atoms with E-state index in [-0.39, 0.29) is 5.78 Å². The molecule has 0 fully saturated rings. The highest BCUT2D eigenvalue weighted by Crippen LogP contribution is 2.41. The van der Waals surface area contributed by atoms with Gasteiger partial charge in [-0.3, -0.25) is 4.79 Å². The Morgan fingerprint density at radius 3 is 2.43 bits per heavy atom. The molecule has 0 aliphatic carbocycles. The van der Waals surface area contributed by atoms with Crippen molar-refractivity contribution in [1.82, 2.24) is 0 Å². The van der Waals surface area contributed by atoms with Crippen molar-refractivity contribution in [2.24, 2.45) is 0 Å². The first-order valence-corrected chi connectivity index (χ1v) is 8.56. The van der Waals surface area contributed by atoms with Gasteiger partial charge < -0.3 is 4.74 Å². The summed E-state index contributed by atoms with van der Waals surface area (Å²) >= 11 is 8.46.